The summed E-state index contributed by atoms with van der Waals surface area (Å²) in [5, 5.41) is 19.6. The third-order valence-electron chi connectivity index (χ3n) is 6.38. The van der Waals surface area contributed by atoms with Crippen molar-refractivity contribution in [1.29, 1.82) is 0 Å². The molecule has 0 saturated carbocycles. The second-order valence-corrected chi connectivity index (χ2v) is 10.1. The molecule has 0 radical (unpaired) electrons. The van der Waals surface area contributed by atoms with Crippen LogP contribution in [0.2, 0.25) is 0 Å². The van der Waals surface area contributed by atoms with Crippen molar-refractivity contribution < 1.29 is 19.8 Å². The molecule has 3 rings (SSSR count). The van der Waals surface area contributed by atoms with Crippen molar-refractivity contribution in [1.82, 2.24) is 4.90 Å². The zero-order valence-electron chi connectivity index (χ0n) is 19.8. The topological polar surface area (TPSA) is 77.8 Å². The number of aryl methyl sites for hydroxylation is 1. The summed E-state index contributed by atoms with van der Waals surface area (Å²) in [6.45, 7) is 2.56. The van der Waals surface area contributed by atoms with Crippen LogP contribution in [-0.4, -0.2) is 45.7 Å². The number of benzene rings is 1. The lowest BCUT2D eigenvalue weighted by atomic mass is 9.95. The number of thiophene rings is 1. The van der Waals surface area contributed by atoms with E-state index in [1.807, 2.05) is 35.3 Å². The molecule has 34 heavy (non-hydrogen) atoms. The van der Waals surface area contributed by atoms with Gasteiger partial charge in [0.15, 0.2) is 0 Å². The van der Waals surface area contributed by atoms with Crippen LogP contribution in [0.25, 0.3) is 6.08 Å². The number of nitrogens with zero attached hydrogens (tertiary/aromatic N) is 1. The fraction of sp³-hybridized carbons (Fsp3) is 0.429. The van der Waals surface area contributed by atoms with Gasteiger partial charge in [-0.3, -0.25) is 4.79 Å². The van der Waals surface area contributed by atoms with Crippen LogP contribution in [0.5, 0.6) is 0 Å². The Kier molecular flexibility index (Phi) is 10.1. The van der Waals surface area contributed by atoms with E-state index >= 15 is 0 Å². The van der Waals surface area contributed by atoms with E-state index in [-0.39, 0.29) is 17.9 Å². The number of carboxylic acid groups (broad SMARTS) is 1. The molecule has 0 spiro atoms. The number of carboxylic acids is 1. The van der Waals surface area contributed by atoms with E-state index in [1.165, 1.54) is 23.3 Å². The van der Waals surface area contributed by atoms with Crippen molar-refractivity contribution in [2.24, 2.45) is 5.92 Å². The molecule has 1 unspecified atom stereocenters. The predicted molar refractivity (Wildman–Crippen MR) is 138 cm³/mol. The molecule has 0 bridgehead atoms. The normalized spacial score (nSPS) is 18.2. The van der Waals surface area contributed by atoms with E-state index in [2.05, 4.69) is 31.2 Å². The van der Waals surface area contributed by atoms with Crippen molar-refractivity contribution >= 4 is 29.3 Å². The standard InChI is InChI=1S/C28H35NO4S/c1-21(9-4-2-5-10-22-11-6-3-7-12-22)25(30)17-14-23-15-19-27(31)29(23)20-8-13-24-16-18-26(34-24)28(32)33/h3,6-8,11-14,16-18,21,23,25,30H,2,4-5,9-10,15,19-20H2,1H3,(H,32,33)/t21-,23?,25+/m0/s1. The Bertz CT molecular complexity index is 981. The van der Waals surface area contributed by atoms with Crippen molar-refractivity contribution in [3.8, 4) is 0 Å². The van der Waals surface area contributed by atoms with Gasteiger partial charge in [-0.15, -0.1) is 11.3 Å². The molecule has 1 aromatic carbocycles. The fourth-order valence-electron chi connectivity index (χ4n) is 4.25. The summed E-state index contributed by atoms with van der Waals surface area (Å²) >= 11 is 1.21. The van der Waals surface area contributed by atoms with Crippen LogP contribution in [-0.2, 0) is 11.2 Å². The average Bonchev–Trinajstić information content (AvgIpc) is 3.45. The molecule has 1 amide bonds. The fourth-order valence-corrected chi connectivity index (χ4v) is 5.03. The summed E-state index contributed by atoms with van der Waals surface area (Å²) in [7, 11) is 0. The molecule has 5 nitrogen and oxygen atoms in total. The van der Waals surface area contributed by atoms with Gasteiger partial charge in [-0.1, -0.05) is 68.3 Å². The number of rotatable bonds is 13. The van der Waals surface area contributed by atoms with Gasteiger partial charge >= 0.3 is 5.97 Å². The van der Waals surface area contributed by atoms with E-state index in [9.17, 15) is 14.7 Å². The van der Waals surface area contributed by atoms with Crippen molar-refractivity contribution in [2.45, 2.75) is 64.0 Å². The highest BCUT2D eigenvalue weighted by atomic mass is 32.1. The second-order valence-electron chi connectivity index (χ2n) is 9.00. The van der Waals surface area contributed by atoms with Crippen LogP contribution >= 0.6 is 11.3 Å². The van der Waals surface area contributed by atoms with Gasteiger partial charge in [0.1, 0.15) is 4.88 Å². The Morgan fingerprint density at radius 2 is 1.97 bits per heavy atom. The maximum Gasteiger partial charge on any atom is 0.345 e. The second kappa shape index (κ2) is 13.3. The Balaban J connectivity index is 1.40. The minimum Gasteiger partial charge on any atom is -0.477 e. The molecule has 1 aliphatic heterocycles. The maximum absolute atomic E-state index is 12.3. The lowest BCUT2D eigenvalue weighted by Gasteiger charge is -2.22. The van der Waals surface area contributed by atoms with Gasteiger partial charge in [0.2, 0.25) is 5.91 Å². The summed E-state index contributed by atoms with van der Waals surface area (Å²) < 4.78 is 0. The lowest BCUT2D eigenvalue weighted by molar-refractivity contribution is -0.127. The molecule has 1 fully saturated rings. The first kappa shape index (κ1) is 25.9. The summed E-state index contributed by atoms with van der Waals surface area (Å²) in [5.74, 6) is -0.636. The van der Waals surface area contributed by atoms with E-state index in [0.717, 1.165) is 37.0 Å². The smallest absolute Gasteiger partial charge is 0.345 e. The summed E-state index contributed by atoms with van der Waals surface area (Å²) in [6, 6.07) is 13.9. The van der Waals surface area contributed by atoms with E-state index in [0.29, 0.717) is 17.8 Å². The number of likely N-dealkylation sites (tertiary alicyclic amines) is 1. The Morgan fingerprint density at radius 1 is 1.18 bits per heavy atom. The molecule has 182 valence electrons. The molecule has 6 heteroatoms. The molecule has 1 aliphatic rings. The van der Waals surface area contributed by atoms with Gasteiger partial charge in [-0.25, -0.2) is 4.79 Å². The number of carbonyl (C=O) groups excluding carboxylic acids is 1. The third-order valence-corrected chi connectivity index (χ3v) is 7.42. The zero-order valence-corrected chi connectivity index (χ0v) is 20.6. The van der Waals surface area contributed by atoms with Crippen LogP contribution in [0, 0.1) is 5.92 Å². The van der Waals surface area contributed by atoms with Crippen molar-refractivity contribution in [2.75, 3.05) is 6.54 Å². The first-order chi connectivity index (χ1) is 16.4. The van der Waals surface area contributed by atoms with Gasteiger partial charge < -0.3 is 15.1 Å². The molecule has 3 atom stereocenters. The van der Waals surface area contributed by atoms with Crippen LogP contribution in [0.3, 0.4) is 0 Å². The molecule has 2 aromatic rings. The van der Waals surface area contributed by atoms with Gasteiger partial charge in [-0.2, -0.15) is 0 Å². The van der Waals surface area contributed by atoms with Crippen molar-refractivity contribution in [3.05, 3.63) is 76.0 Å². The highest BCUT2D eigenvalue weighted by molar-refractivity contribution is 7.14. The Morgan fingerprint density at radius 3 is 2.71 bits per heavy atom. The number of carbonyl (C=O) groups is 2. The number of aromatic carboxylic acids is 1. The number of aliphatic hydroxyl groups excluding tert-OH is 1. The molecule has 0 aliphatic carbocycles. The minimum absolute atomic E-state index is 0.0113. The minimum atomic E-state index is -0.926. The Labute approximate surface area is 206 Å². The molecular formula is C28H35NO4S. The number of unbranched alkanes of at least 4 members (excludes halogenated alkanes) is 2. The average molecular weight is 482 g/mol. The van der Waals surface area contributed by atoms with Crippen LogP contribution in [0.1, 0.15) is 65.6 Å². The van der Waals surface area contributed by atoms with E-state index in [4.69, 9.17) is 5.11 Å². The largest absolute Gasteiger partial charge is 0.477 e. The number of amides is 1. The molecule has 1 aromatic heterocycles. The summed E-state index contributed by atoms with van der Waals surface area (Å²) in [6.07, 6.45) is 13.9. The van der Waals surface area contributed by atoms with Crippen LogP contribution < -0.4 is 0 Å². The maximum atomic E-state index is 12.3. The zero-order chi connectivity index (χ0) is 24.3. The van der Waals surface area contributed by atoms with E-state index in [1.54, 1.807) is 12.1 Å². The highest BCUT2D eigenvalue weighted by Crippen LogP contribution is 2.23. The van der Waals surface area contributed by atoms with Crippen LogP contribution in [0.15, 0.2) is 60.7 Å². The monoisotopic (exact) mass is 481 g/mol. The quantitative estimate of drug-likeness (QED) is 0.280. The predicted octanol–water partition coefficient (Wildman–Crippen LogP) is 5.81. The number of aliphatic hydroxyl groups is 1. The third kappa shape index (κ3) is 7.96. The number of hydrogen-bond donors (Lipinski definition) is 2. The Hall–Kier alpha value is -2.70. The van der Waals surface area contributed by atoms with Gasteiger partial charge in [0.05, 0.1) is 12.1 Å². The SMILES string of the molecule is C[C@@H](CCCCCc1ccccc1)[C@H](O)C=CC1CCC(=O)N1CC=Cc1ccc(C(=O)O)s1. The molecular weight excluding hydrogens is 446 g/mol. The molecule has 1 saturated heterocycles. The van der Waals surface area contributed by atoms with Gasteiger partial charge in [-0.05, 0) is 55.4 Å². The number of hydrogen-bond acceptors (Lipinski definition) is 4. The van der Waals surface area contributed by atoms with Crippen molar-refractivity contribution in [3.63, 3.8) is 0 Å². The lowest BCUT2D eigenvalue weighted by Crippen LogP contribution is -2.32. The molecule has 2 heterocycles. The highest BCUT2D eigenvalue weighted by Gasteiger charge is 2.28. The van der Waals surface area contributed by atoms with Gasteiger partial charge in [0.25, 0.3) is 0 Å². The van der Waals surface area contributed by atoms with Crippen LogP contribution in [0.4, 0.5) is 0 Å². The summed E-state index contributed by atoms with van der Waals surface area (Å²) in [5.41, 5.74) is 1.38. The van der Waals surface area contributed by atoms with E-state index < -0.39 is 12.1 Å². The molecule has 2 N–H and O–H groups in total. The van der Waals surface area contributed by atoms with Gasteiger partial charge in [0, 0.05) is 17.8 Å². The first-order valence-electron chi connectivity index (χ1n) is 12.1. The first-order valence-corrected chi connectivity index (χ1v) is 12.9. The summed E-state index contributed by atoms with van der Waals surface area (Å²) in [4.78, 5) is 26.3.